The predicted molar refractivity (Wildman–Crippen MR) is 149 cm³/mol. The van der Waals surface area contributed by atoms with Gasteiger partial charge in [-0.1, -0.05) is 54.0 Å². The van der Waals surface area contributed by atoms with E-state index in [0.29, 0.717) is 21.3 Å². The van der Waals surface area contributed by atoms with E-state index in [2.05, 4.69) is 55.8 Å². The molecule has 3 aromatic carbocycles. The smallest absolute Gasteiger partial charge is 0.273 e. The third-order valence-electron chi connectivity index (χ3n) is 5.77. The fourth-order valence-corrected chi connectivity index (χ4v) is 3.93. The summed E-state index contributed by atoms with van der Waals surface area (Å²) >= 11 is 3.36. The predicted octanol–water partition coefficient (Wildman–Crippen LogP) is 5.04. The summed E-state index contributed by atoms with van der Waals surface area (Å²) in [6, 6.07) is 18.1. The zero-order chi connectivity index (χ0) is 26.6. The number of carbonyl (C=O) groups is 2. The lowest BCUT2D eigenvalue weighted by molar-refractivity contribution is 0.0956. The Hall–Kier alpha value is -3.40. The van der Waals surface area contributed by atoms with E-state index in [1.807, 2.05) is 12.1 Å². The Morgan fingerprint density at radius 3 is 2.35 bits per heavy atom. The molecule has 7 nitrogen and oxygen atoms in total. The van der Waals surface area contributed by atoms with Crippen LogP contribution in [0.1, 0.15) is 45.7 Å². The highest BCUT2D eigenvalue weighted by atomic mass is 79.9. The van der Waals surface area contributed by atoms with Gasteiger partial charge in [0.1, 0.15) is 5.82 Å². The molecule has 0 unspecified atom stereocenters. The summed E-state index contributed by atoms with van der Waals surface area (Å²) in [5.41, 5.74) is 5.23. The molecule has 3 N–H and O–H groups in total. The number of hydrazone groups is 1. The molecule has 194 valence electrons. The second kappa shape index (κ2) is 14.4. The normalized spacial score (nSPS) is 11.2. The molecule has 0 atom stereocenters. The maximum Gasteiger partial charge on any atom is 0.273 e. The molecule has 37 heavy (non-hydrogen) atoms. The lowest BCUT2D eigenvalue weighted by Gasteiger charge is -2.18. The molecule has 0 saturated carbocycles. The standard InChI is InChI=1S/C28H31BrFN5O2/c1-3-35(4-2)16-15-31-18-20-5-9-22(10-6-20)27(36)33-26-14-11-23(29)17-25(26)28(37)34-32-19-21-7-12-24(30)13-8-21/h5-14,17,19,31H,3-4,15-16,18H2,1-2H3,(H,33,36)(H,34,37). The highest BCUT2D eigenvalue weighted by molar-refractivity contribution is 9.10. The molecule has 2 amide bonds. The van der Waals surface area contributed by atoms with Gasteiger partial charge in [0.15, 0.2) is 0 Å². The van der Waals surface area contributed by atoms with Crippen molar-refractivity contribution in [1.29, 1.82) is 0 Å². The average Bonchev–Trinajstić information content (AvgIpc) is 2.91. The van der Waals surface area contributed by atoms with Crippen LogP contribution < -0.4 is 16.1 Å². The van der Waals surface area contributed by atoms with Crippen LogP contribution in [0.3, 0.4) is 0 Å². The quantitative estimate of drug-likeness (QED) is 0.163. The summed E-state index contributed by atoms with van der Waals surface area (Å²) in [5, 5.41) is 10.2. The van der Waals surface area contributed by atoms with Gasteiger partial charge in [-0.3, -0.25) is 9.59 Å². The fraction of sp³-hybridized carbons (Fsp3) is 0.250. The van der Waals surface area contributed by atoms with Crippen LogP contribution in [0.4, 0.5) is 10.1 Å². The molecule has 9 heteroatoms. The van der Waals surface area contributed by atoms with Crippen molar-refractivity contribution in [2.45, 2.75) is 20.4 Å². The second-order valence-corrected chi connectivity index (χ2v) is 9.21. The van der Waals surface area contributed by atoms with E-state index in [0.717, 1.165) is 38.3 Å². The van der Waals surface area contributed by atoms with E-state index >= 15 is 0 Å². The topological polar surface area (TPSA) is 85.8 Å². The minimum absolute atomic E-state index is 0.244. The van der Waals surface area contributed by atoms with Gasteiger partial charge in [0.2, 0.25) is 0 Å². The van der Waals surface area contributed by atoms with E-state index < -0.39 is 5.91 Å². The van der Waals surface area contributed by atoms with Crippen LogP contribution in [-0.4, -0.2) is 49.1 Å². The van der Waals surface area contributed by atoms with Gasteiger partial charge in [0, 0.05) is 29.7 Å². The first kappa shape index (κ1) is 28.2. The Morgan fingerprint density at radius 2 is 1.68 bits per heavy atom. The number of nitrogens with one attached hydrogen (secondary N) is 3. The molecule has 3 rings (SSSR count). The molecule has 0 aliphatic heterocycles. The van der Waals surface area contributed by atoms with Crippen LogP contribution in [0.15, 0.2) is 76.3 Å². The first-order chi connectivity index (χ1) is 17.9. The highest BCUT2D eigenvalue weighted by Crippen LogP contribution is 2.22. The maximum absolute atomic E-state index is 13.0. The minimum Gasteiger partial charge on any atom is -0.321 e. The summed E-state index contributed by atoms with van der Waals surface area (Å²) in [7, 11) is 0. The van der Waals surface area contributed by atoms with Crippen LogP contribution in [0.2, 0.25) is 0 Å². The summed E-state index contributed by atoms with van der Waals surface area (Å²) < 4.78 is 13.7. The summed E-state index contributed by atoms with van der Waals surface area (Å²) in [5.74, 6) is -1.18. The van der Waals surface area contributed by atoms with E-state index in [4.69, 9.17) is 0 Å². The van der Waals surface area contributed by atoms with Crippen molar-refractivity contribution in [3.8, 4) is 0 Å². The van der Waals surface area contributed by atoms with Crippen molar-refractivity contribution in [3.63, 3.8) is 0 Å². The van der Waals surface area contributed by atoms with Gasteiger partial charge in [0.25, 0.3) is 11.8 Å². The Bertz CT molecular complexity index is 1210. The molecular formula is C28H31BrFN5O2. The van der Waals surface area contributed by atoms with Crippen molar-refractivity contribution < 1.29 is 14.0 Å². The van der Waals surface area contributed by atoms with E-state index in [-0.39, 0.29) is 17.3 Å². The summed E-state index contributed by atoms with van der Waals surface area (Å²) in [4.78, 5) is 28.0. The van der Waals surface area contributed by atoms with Crippen molar-refractivity contribution in [1.82, 2.24) is 15.6 Å². The molecule has 0 radical (unpaired) electrons. The third kappa shape index (κ3) is 8.89. The van der Waals surface area contributed by atoms with Crippen LogP contribution in [0.25, 0.3) is 0 Å². The van der Waals surface area contributed by atoms with E-state index in [1.165, 1.54) is 18.3 Å². The lowest BCUT2D eigenvalue weighted by atomic mass is 10.1. The first-order valence-corrected chi connectivity index (χ1v) is 12.9. The van der Waals surface area contributed by atoms with Crippen LogP contribution in [-0.2, 0) is 6.54 Å². The van der Waals surface area contributed by atoms with Gasteiger partial charge in [-0.2, -0.15) is 5.10 Å². The number of amides is 2. The molecule has 3 aromatic rings. The molecule has 0 aromatic heterocycles. The highest BCUT2D eigenvalue weighted by Gasteiger charge is 2.15. The van der Waals surface area contributed by atoms with Crippen molar-refractivity contribution in [3.05, 3.63) is 99.3 Å². The molecule has 0 fully saturated rings. The summed E-state index contributed by atoms with van der Waals surface area (Å²) in [6.07, 6.45) is 1.41. The number of rotatable bonds is 12. The number of nitrogens with zero attached hydrogens (tertiary/aromatic N) is 2. The Morgan fingerprint density at radius 1 is 0.973 bits per heavy atom. The average molecular weight is 568 g/mol. The minimum atomic E-state index is -0.499. The molecule has 0 heterocycles. The number of halogens is 2. The Kier molecular flexibility index (Phi) is 10.9. The van der Waals surface area contributed by atoms with Crippen molar-refractivity contribution in [2.75, 3.05) is 31.5 Å². The second-order valence-electron chi connectivity index (χ2n) is 8.30. The van der Waals surface area contributed by atoms with E-state index in [1.54, 1.807) is 42.5 Å². The number of benzene rings is 3. The van der Waals surface area contributed by atoms with Crippen molar-refractivity contribution in [2.24, 2.45) is 5.10 Å². The molecule has 0 bridgehead atoms. The number of hydrogen-bond acceptors (Lipinski definition) is 5. The SMILES string of the molecule is CCN(CC)CCNCc1ccc(C(=O)Nc2ccc(Br)cc2C(=O)NN=Cc2ccc(F)cc2)cc1. The lowest BCUT2D eigenvalue weighted by Crippen LogP contribution is -2.31. The van der Waals surface area contributed by atoms with Crippen LogP contribution in [0, 0.1) is 5.82 Å². The van der Waals surface area contributed by atoms with Crippen molar-refractivity contribution >= 4 is 39.6 Å². The van der Waals surface area contributed by atoms with Gasteiger partial charge in [-0.25, -0.2) is 9.82 Å². The van der Waals surface area contributed by atoms with Crippen LogP contribution >= 0.6 is 15.9 Å². The molecular weight excluding hydrogens is 537 g/mol. The molecule has 0 saturated heterocycles. The van der Waals surface area contributed by atoms with Gasteiger partial charge >= 0.3 is 0 Å². The number of anilines is 1. The molecule has 0 spiro atoms. The summed E-state index contributed by atoms with van der Waals surface area (Å²) in [6.45, 7) is 8.99. The zero-order valence-corrected chi connectivity index (χ0v) is 22.5. The third-order valence-corrected chi connectivity index (χ3v) is 6.26. The van der Waals surface area contributed by atoms with Gasteiger partial charge in [0.05, 0.1) is 17.5 Å². The van der Waals surface area contributed by atoms with E-state index in [9.17, 15) is 14.0 Å². The number of hydrogen-bond donors (Lipinski definition) is 3. The molecule has 0 aliphatic carbocycles. The van der Waals surface area contributed by atoms with Gasteiger partial charge in [-0.15, -0.1) is 0 Å². The maximum atomic E-state index is 13.0. The Balaban J connectivity index is 1.59. The largest absolute Gasteiger partial charge is 0.321 e. The Labute approximate surface area is 225 Å². The molecule has 0 aliphatic rings. The first-order valence-electron chi connectivity index (χ1n) is 12.1. The number of carbonyl (C=O) groups excluding carboxylic acids is 2. The van der Waals surface area contributed by atoms with Crippen LogP contribution in [0.5, 0.6) is 0 Å². The zero-order valence-electron chi connectivity index (χ0n) is 20.9. The number of likely N-dealkylation sites (N-methyl/N-ethyl adjacent to an activating group) is 1. The van der Waals surface area contributed by atoms with Gasteiger partial charge in [-0.05, 0) is 66.7 Å². The monoisotopic (exact) mass is 567 g/mol. The van der Waals surface area contributed by atoms with Gasteiger partial charge < -0.3 is 15.5 Å². The fourth-order valence-electron chi connectivity index (χ4n) is 3.57.